The van der Waals surface area contributed by atoms with Gasteiger partial charge in [-0.05, 0) is 32.2 Å². The summed E-state index contributed by atoms with van der Waals surface area (Å²) in [4.78, 5) is 2.24. The molecule has 0 fully saturated rings. The molecule has 1 aliphatic heterocycles. The van der Waals surface area contributed by atoms with Crippen LogP contribution in [-0.2, 0) is 6.54 Å². The molecule has 3 rings (SSSR count). The van der Waals surface area contributed by atoms with E-state index in [0.29, 0.717) is 10.0 Å². The Morgan fingerprint density at radius 1 is 1.23 bits per heavy atom. The molecule has 0 aliphatic carbocycles. The van der Waals surface area contributed by atoms with Gasteiger partial charge in [0, 0.05) is 24.6 Å². The lowest BCUT2D eigenvalue weighted by Crippen LogP contribution is -2.18. The van der Waals surface area contributed by atoms with Crippen molar-refractivity contribution in [3.05, 3.63) is 51.4 Å². The number of hydrogen-bond acceptors (Lipinski definition) is 3. The lowest BCUT2D eigenvalue weighted by atomic mass is 10.1. The van der Waals surface area contributed by atoms with Gasteiger partial charge in [-0.3, -0.25) is 4.90 Å². The highest BCUT2D eigenvalue weighted by Gasteiger charge is 2.25. The third kappa shape index (κ3) is 3.72. The molecule has 0 amide bonds. The molecule has 1 aliphatic rings. The summed E-state index contributed by atoms with van der Waals surface area (Å²) in [6.07, 6.45) is 0.877. The molecule has 1 unspecified atom stereocenters. The third-order valence-corrected chi connectivity index (χ3v) is 4.41. The van der Waals surface area contributed by atoms with E-state index in [9.17, 15) is 0 Å². The molecule has 1 aromatic heterocycles. The molecule has 1 aromatic carbocycles. The molecule has 0 spiro atoms. The van der Waals surface area contributed by atoms with Crippen molar-refractivity contribution in [3.63, 3.8) is 0 Å². The van der Waals surface area contributed by atoms with Gasteiger partial charge in [-0.15, -0.1) is 12.4 Å². The second-order valence-electron chi connectivity index (χ2n) is 5.44. The second-order valence-corrected chi connectivity index (χ2v) is 6.26. The Balaban J connectivity index is 0.00000176. The van der Waals surface area contributed by atoms with E-state index in [0.717, 1.165) is 42.3 Å². The van der Waals surface area contributed by atoms with Gasteiger partial charge in [0.2, 0.25) is 0 Å². The van der Waals surface area contributed by atoms with Crippen molar-refractivity contribution < 1.29 is 9.15 Å². The maximum absolute atomic E-state index is 6.13. The molecule has 0 N–H and O–H groups in total. The fourth-order valence-electron chi connectivity index (χ4n) is 2.63. The molecule has 0 radical (unpaired) electrons. The lowest BCUT2D eigenvalue weighted by molar-refractivity contribution is 0.182. The van der Waals surface area contributed by atoms with Gasteiger partial charge >= 0.3 is 0 Å². The summed E-state index contributed by atoms with van der Waals surface area (Å²) in [6, 6.07) is 7.42. The molecule has 22 heavy (non-hydrogen) atoms. The van der Waals surface area contributed by atoms with Crippen LogP contribution in [0.15, 0.2) is 28.7 Å². The summed E-state index contributed by atoms with van der Waals surface area (Å²) < 4.78 is 11.9. The van der Waals surface area contributed by atoms with Crippen LogP contribution in [0.5, 0.6) is 5.75 Å². The molecule has 0 saturated heterocycles. The minimum absolute atomic E-state index is 0. The summed E-state index contributed by atoms with van der Waals surface area (Å²) in [5.74, 6) is 2.62. The normalized spacial score (nSPS) is 18.3. The minimum Gasteiger partial charge on any atom is -0.486 e. The van der Waals surface area contributed by atoms with Crippen LogP contribution >= 0.6 is 35.6 Å². The highest BCUT2D eigenvalue weighted by atomic mass is 35.5. The fraction of sp³-hybridized carbons (Fsp3) is 0.375. The first kappa shape index (κ1) is 17.5. The van der Waals surface area contributed by atoms with E-state index in [1.165, 1.54) is 0 Å². The molecule has 2 heterocycles. The van der Waals surface area contributed by atoms with Crippen molar-refractivity contribution in [1.82, 2.24) is 4.90 Å². The second kappa shape index (κ2) is 7.14. The third-order valence-electron chi connectivity index (χ3n) is 3.67. The average molecular weight is 363 g/mol. The smallest absolute Gasteiger partial charge is 0.128 e. The number of nitrogens with zero attached hydrogens (tertiary/aromatic N) is 1. The van der Waals surface area contributed by atoms with Crippen LogP contribution in [0.3, 0.4) is 0 Å². The Labute approximate surface area is 146 Å². The van der Waals surface area contributed by atoms with E-state index in [2.05, 4.69) is 18.0 Å². The first-order valence-corrected chi connectivity index (χ1v) is 7.68. The first-order valence-electron chi connectivity index (χ1n) is 6.92. The van der Waals surface area contributed by atoms with Crippen LogP contribution in [0.4, 0.5) is 0 Å². The summed E-state index contributed by atoms with van der Waals surface area (Å²) in [6.45, 7) is 3.73. The van der Waals surface area contributed by atoms with Crippen LogP contribution in [0.25, 0.3) is 0 Å². The number of benzene rings is 1. The van der Waals surface area contributed by atoms with Crippen LogP contribution in [0.2, 0.25) is 10.0 Å². The Bertz CT molecular complexity index is 657. The molecule has 120 valence electrons. The maximum Gasteiger partial charge on any atom is 0.128 e. The summed E-state index contributed by atoms with van der Waals surface area (Å²) in [5.41, 5.74) is 1.13. The van der Waals surface area contributed by atoms with Gasteiger partial charge in [0.25, 0.3) is 0 Å². The minimum atomic E-state index is -0.0281. The number of furan rings is 1. The fourth-order valence-corrected chi connectivity index (χ4v) is 2.92. The monoisotopic (exact) mass is 361 g/mol. The predicted octanol–water partition coefficient (Wildman–Crippen LogP) is 5.27. The number of ether oxygens (including phenoxy) is 1. The largest absolute Gasteiger partial charge is 0.486 e. The molecule has 0 saturated carbocycles. The molecule has 2 aromatic rings. The zero-order chi connectivity index (χ0) is 15.0. The van der Waals surface area contributed by atoms with Crippen molar-refractivity contribution >= 4 is 35.6 Å². The van der Waals surface area contributed by atoms with Crippen molar-refractivity contribution in [2.45, 2.75) is 26.0 Å². The number of fused-ring (bicyclic) bond motifs is 1. The summed E-state index contributed by atoms with van der Waals surface area (Å²) >= 11 is 12.0. The van der Waals surface area contributed by atoms with Gasteiger partial charge < -0.3 is 9.15 Å². The van der Waals surface area contributed by atoms with Gasteiger partial charge in [-0.2, -0.15) is 0 Å². The first-order chi connectivity index (χ1) is 10.0. The topological polar surface area (TPSA) is 25.6 Å². The van der Waals surface area contributed by atoms with Crippen LogP contribution in [0, 0.1) is 6.92 Å². The van der Waals surface area contributed by atoms with E-state index >= 15 is 0 Å². The van der Waals surface area contributed by atoms with Crippen LogP contribution in [0.1, 0.15) is 29.6 Å². The van der Waals surface area contributed by atoms with Crippen molar-refractivity contribution in [2.75, 3.05) is 13.6 Å². The van der Waals surface area contributed by atoms with Gasteiger partial charge in [-0.25, -0.2) is 0 Å². The Kier molecular flexibility index (Phi) is 5.67. The Hall–Kier alpha value is -0.870. The van der Waals surface area contributed by atoms with Crippen LogP contribution < -0.4 is 4.74 Å². The molecule has 3 nitrogen and oxygen atoms in total. The highest BCUT2D eigenvalue weighted by molar-refractivity contribution is 6.42. The standard InChI is InChI=1S/C16H17Cl2NO2.ClH/c1-10-7-12-15(5-6-19(2)9-16(12)20-10)21-11-3-4-13(17)14(18)8-11;/h3-4,7-8,15H,5-6,9H2,1-2H3;1H. The highest BCUT2D eigenvalue weighted by Crippen LogP contribution is 2.34. The number of halogens is 3. The van der Waals surface area contributed by atoms with Crippen LogP contribution in [-0.4, -0.2) is 18.5 Å². The average Bonchev–Trinajstić information content (AvgIpc) is 2.72. The van der Waals surface area contributed by atoms with E-state index < -0.39 is 0 Å². The summed E-state index contributed by atoms with van der Waals surface area (Å²) in [7, 11) is 2.09. The van der Waals surface area contributed by atoms with E-state index in [4.69, 9.17) is 32.4 Å². The van der Waals surface area contributed by atoms with Gasteiger partial charge in [0.05, 0.1) is 16.6 Å². The van der Waals surface area contributed by atoms with Gasteiger partial charge in [0.15, 0.2) is 0 Å². The van der Waals surface area contributed by atoms with E-state index in [-0.39, 0.29) is 18.5 Å². The molecule has 6 heteroatoms. The van der Waals surface area contributed by atoms with E-state index in [1.807, 2.05) is 13.0 Å². The van der Waals surface area contributed by atoms with E-state index in [1.54, 1.807) is 12.1 Å². The molecule has 1 atom stereocenters. The quantitative estimate of drug-likeness (QED) is 0.727. The van der Waals surface area contributed by atoms with Gasteiger partial charge in [-0.1, -0.05) is 23.2 Å². The zero-order valence-electron chi connectivity index (χ0n) is 12.4. The van der Waals surface area contributed by atoms with Crippen molar-refractivity contribution in [1.29, 1.82) is 0 Å². The zero-order valence-corrected chi connectivity index (χ0v) is 14.8. The molecule has 0 bridgehead atoms. The predicted molar refractivity (Wildman–Crippen MR) is 91.5 cm³/mol. The van der Waals surface area contributed by atoms with Crippen molar-refractivity contribution in [2.24, 2.45) is 0 Å². The lowest BCUT2D eigenvalue weighted by Gasteiger charge is -2.18. The maximum atomic E-state index is 6.13. The number of rotatable bonds is 2. The molecular formula is C16H18Cl3NO2. The molecular weight excluding hydrogens is 345 g/mol. The van der Waals surface area contributed by atoms with Gasteiger partial charge in [0.1, 0.15) is 23.4 Å². The number of hydrogen-bond donors (Lipinski definition) is 0. The SMILES string of the molecule is Cc1cc2c(o1)CN(C)CCC2Oc1ccc(Cl)c(Cl)c1.Cl. The summed E-state index contributed by atoms with van der Waals surface area (Å²) in [5, 5.41) is 1.04. The Morgan fingerprint density at radius 2 is 2.00 bits per heavy atom. The Morgan fingerprint density at radius 3 is 2.73 bits per heavy atom. The van der Waals surface area contributed by atoms with Crippen molar-refractivity contribution in [3.8, 4) is 5.75 Å². The number of aryl methyl sites for hydroxylation is 1.